The van der Waals surface area contributed by atoms with Crippen molar-refractivity contribution in [3.05, 3.63) is 78.0 Å². The van der Waals surface area contributed by atoms with Crippen LogP contribution in [-0.2, 0) is 11.3 Å². The fourth-order valence-electron chi connectivity index (χ4n) is 3.36. The average molecular weight is 422 g/mol. The molecular weight excluding hydrogens is 398 g/mol. The Kier molecular flexibility index (Phi) is 5.85. The minimum absolute atomic E-state index is 0.102. The second kappa shape index (κ2) is 8.71. The highest BCUT2D eigenvalue weighted by Gasteiger charge is 2.34. The number of hydrazone groups is 1. The molecule has 8 heteroatoms. The molecule has 0 N–H and O–H groups in total. The Morgan fingerprint density at radius 2 is 2.07 bits per heavy atom. The number of thioether (sulfide) groups is 1. The summed E-state index contributed by atoms with van der Waals surface area (Å²) in [5.74, 6) is 1.62. The van der Waals surface area contributed by atoms with E-state index < -0.39 is 0 Å². The van der Waals surface area contributed by atoms with E-state index in [1.165, 1.54) is 17.3 Å². The first-order chi connectivity index (χ1) is 14.6. The first kappa shape index (κ1) is 20.2. The summed E-state index contributed by atoms with van der Waals surface area (Å²) in [4.78, 5) is 13.1. The van der Waals surface area contributed by atoms with Crippen LogP contribution in [-0.4, -0.2) is 37.1 Å². The molecule has 7 nitrogen and oxygen atoms in total. The molecule has 4 rings (SSSR count). The predicted octanol–water partition coefficient (Wildman–Crippen LogP) is 4.14. The van der Waals surface area contributed by atoms with Crippen LogP contribution in [0.2, 0.25) is 0 Å². The maximum atomic E-state index is 13.1. The summed E-state index contributed by atoms with van der Waals surface area (Å²) in [6, 6.07) is 11.6. The summed E-state index contributed by atoms with van der Waals surface area (Å²) in [5, 5.41) is 15.2. The molecule has 1 aromatic carbocycles. The minimum Gasteiger partial charge on any atom is -0.467 e. The van der Waals surface area contributed by atoms with E-state index >= 15 is 0 Å². The van der Waals surface area contributed by atoms with Gasteiger partial charge in [-0.3, -0.25) is 4.79 Å². The van der Waals surface area contributed by atoms with Crippen LogP contribution in [0.25, 0.3) is 0 Å². The van der Waals surface area contributed by atoms with Gasteiger partial charge in [-0.2, -0.15) is 5.10 Å². The van der Waals surface area contributed by atoms with E-state index in [9.17, 15) is 4.79 Å². The molecule has 1 aliphatic heterocycles. The van der Waals surface area contributed by atoms with Crippen molar-refractivity contribution in [2.75, 3.05) is 5.75 Å². The standard InChI is InChI=1S/C22H23N5O2S/c1-4-11-26-16(3)23-24-22(26)30-14-21(28)27-19(20-6-5-12-29-20)13-18(25-27)17-9-7-15(2)8-10-17/h4-10,12,19H,1,11,13-14H2,2-3H3. The summed E-state index contributed by atoms with van der Waals surface area (Å²) < 4.78 is 7.54. The number of amides is 1. The third-order valence-corrected chi connectivity index (χ3v) is 5.91. The Labute approximate surface area is 179 Å². The number of carbonyl (C=O) groups is 1. The third kappa shape index (κ3) is 4.09. The normalized spacial score (nSPS) is 16.0. The highest BCUT2D eigenvalue weighted by atomic mass is 32.2. The van der Waals surface area contributed by atoms with E-state index in [-0.39, 0.29) is 17.7 Å². The van der Waals surface area contributed by atoms with Crippen molar-refractivity contribution < 1.29 is 9.21 Å². The number of nitrogens with zero attached hydrogens (tertiary/aromatic N) is 5. The Morgan fingerprint density at radius 3 is 2.77 bits per heavy atom. The maximum Gasteiger partial charge on any atom is 0.253 e. The minimum atomic E-state index is -0.253. The number of allylic oxidation sites excluding steroid dienone is 1. The molecular formula is C22H23N5O2S. The maximum absolute atomic E-state index is 13.1. The van der Waals surface area contributed by atoms with Gasteiger partial charge >= 0.3 is 0 Å². The summed E-state index contributed by atoms with van der Waals surface area (Å²) in [6.45, 7) is 8.30. The summed E-state index contributed by atoms with van der Waals surface area (Å²) in [6.07, 6.45) is 4.02. The SMILES string of the molecule is C=CCn1c(C)nnc1SCC(=O)N1N=C(c2ccc(C)cc2)CC1c1ccco1. The number of furan rings is 1. The van der Waals surface area contributed by atoms with Crippen molar-refractivity contribution in [1.82, 2.24) is 19.8 Å². The lowest BCUT2D eigenvalue weighted by Crippen LogP contribution is -2.28. The Morgan fingerprint density at radius 1 is 1.27 bits per heavy atom. The van der Waals surface area contributed by atoms with Crippen LogP contribution in [0.1, 0.15) is 35.2 Å². The van der Waals surface area contributed by atoms with Gasteiger partial charge in [0.15, 0.2) is 5.16 Å². The highest BCUT2D eigenvalue weighted by molar-refractivity contribution is 7.99. The Hall–Kier alpha value is -3.13. The lowest BCUT2D eigenvalue weighted by atomic mass is 10.0. The zero-order valence-corrected chi connectivity index (χ0v) is 17.8. The van der Waals surface area contributed by atoms with Crippen LogP contribution in [0.15, 0.2) is 70.0 Å². The number of aromatic nitrogens is 3. The van der Waals surface area contributed by atoms with E-state index in [2.05, 4.69) is 34.0 Å². The van der Waals surface area contributed by atoms with Crippen LogP contribution in [0.5, 0.6) is 0 Å². The molecule has 1 amide bonds. The van der Waals surface area contributed by atoms with Gasteiger partial charge in [-0.1, -0.05) is 47.7 Å². The highest BCUT2D eigenvalue weighted by Crippen LogP contribution is 2.34. The van der Waals surface area contributed by atoms with Crippen LogP contribution >= 0.6 is 11.8 Å². The fraction of sp³-hybridized carbons (Fsp3) is 0.273. The van der Waals surface area contributed by atoms with Crippen LogP contribution in [0.3, 0.4) is 0 Å². The lowest BCUT2D eigenvalue weighted by molar-refractivity contribution is -0.130. The first-order valence-electron chi connectivity index (χ1n) is 9.70. The van der Waals surface area contributed by atoms with E-state index in [0.29, 0.717) is 18.1 Å². The average Bonchev–Trinajstić information content (AvgIpc) is 3.48. The molecule has 154 valence electrons. The monoisotopic (exact) mass is 421 g/mol. The third-order valence-electron chi connectivity index (χ3n) is 4.96. The number of rotatable bonds is 7. The molecule has 0 aliphatic carbocycles. The van der Waals surface area contributed by atoms with Gasteiger partial charge in [0.05, 0.1) is 17.7 Å². The first-order valence-corrected chi connectivity index (χ1v) is 10.7. The van der Waals surface area contributed by atoms with Crippen LogP contribution in [0, 0.1) is 13.8 Å². The Bertz CT molecular complexity index is 1070. The molecule has 2 aromatic heterocycles. The lowest BCUT2D eigenvalue weighted by Gasteiger charge is -2.19. The van der Waals surface area contributed by atoms with E-state index in [1.807, 2.05) is 42.7 Å². The zero-order chi connectivity index (χ0) is 21.1. The van der Waals surface area contributed by atoms with Crippen molar-refractivity contribution in [2.45, 2.75) is 38.0 Å². The summed E-state index contributed by atoms with van der Waals surface area (Å²) in [5.41, 5.74) is 3.07. The van der Waals surface area contributed by atoms with Crippen LogP contribution < -0.4 is 0 Å². The van der Waals surface area contributed by atoms with Gasteiger partial charge in [-0.25, -0.2) is 5.01 Å². The van der Waals surface area contributed by atoms with Gasteiger partial charge < -0.3 is 8.98 Å². The number of carbonyl (C=O) groups excluding carboxylic acids is 1. The topological polar surface area (TPSA) is 76.5 Å². The molecule has 1 aliphatic rings. The quantitative estimate of drug-likeness (QED) is 0.423. The molecule has 3 aromatic rings. The summed E-state index contributed by atoms with van der Waals surface area (Å²) in [7, 11) is 0. The number of hydrogen-bond donors (Lipinski definition) is 0. The van der Waals surface area contributed by atoms with Crippen molar-refractivity contribution in [3.8, 4) is 0 Å². The van der Waals surface area contributed by atoms with E-state index in [1.54, 1.807) is 17.3 Å². The van der Waals surface area contributed by atoms with Crippen molar-refractivity contribution in [3.63, 3.8) is 0 Å². The van der Waals surface area contributed by atoms with Crippen LogP contribution in [0.4, 0.5) is 0 Å². The fourth-order valence-corrected chi connectivity index (χ4v) is 4.21. The van der Waals surface area contributed by atoms with E-state index in [4.69, 9.17) is 4.42 Å². The molecule has 0 saturated carbocycles. The molecule has 1 unspecified atom stereocenters. The number of aryl methyl sites for hydroxylation is 2. The molecule has 0 bridgehead atoms. The number of benzene rings is 1. The molecule has 0 fully saturated rings. The van der Waals surface area contributed by atoms with Gasteiger partial charge in [0, 0.05) is 13.0 Å². The smallest absolute Gasteiger partial charge is 0.253 e. The van der Waals surface area contributed by atoms with Gasteiger partial charge in [0.2, 0.25) is 0 Å². The van der Waals surface area contributed by atoms with Crippen molar-refractivity contribution >= 4 is 23.4 Å². The largest absolute Gasteiger partial charge is 0.467 e. The van der Waals surface area contributed by atoms with Gasteiger partial charge in [-0.05, 0) is 31.5 Å². The molecule has 3 heterocycles. The molecule has 1 atom stereocenters. The summed E-state index contributed by atoms with van der Waals surface area (Å²) >= 11 is 1.35. The number of hydrogen-bond acceptors (Lipinski definition) is 6. The van der Waals surface area contributed by atoms with Crippen molar-refractivity contribution in [1.29, 1.82) is 0 Å². The van der Waals surface area contributed by atoms with E-state index in [0.717, 1.165) is 22.9 Å². The molecule has 0 radical (unpaired) electrons. The van der Waals surface area contributed by atoms with Crippen molar-refractivity contribution in [2.24, 2.45) is 5.10 Å². The second-order valence-electron chi connectivity index (χ2n) is 7.10. The molecule has 0 saturated heterocycles. The second-order valence-corrected chi connectivity index (χ2v) is 8.05. The zero-order valence-electron chi connectivity index (χ0n) is 17.0. The van der Waals surface area contributed by atoms with Gasteiger partial charge in [0.25, 0.3) is 5.91 Å². The molecule has 30 heavy (non-hydrogen) atoms. The predicted molar refractivity (Wildman–Crippen MR) is 116 cm³/mol. The van der Waals surface area contributed by atoms with Gasteiger partial charge in [-0.15, -0.1) is 16.8 Å². The van der Waals surface area contributed by atoms with Gasteiger partial charge in [0.1, 0.15) is 17.6 Å². The Balaban J connectivity index is 1.55. The molecule has 0 spiro atoms.